The minimum Gasteiger partial charge on any atom is -0.401 e. The topological polar surface area (TPSA) is 44.5 Å². The Morgan fingerprint density at radius 2 is 2.47 bits per heavy atom. The van der Waals surface area contributed by atoms with Crippen LogP contribution in [0.5, 0.6) is 0 Å². The van der Waals surface area contributed by atoms with Gasteiger partial charge in [0.2, 0.25) is 0 Å². The lowest BCUT2D eigenvalue weighted by molar-refractivity contribution is -0.0340. The molecule has 1 unspecified atom stereocenters. The summed E-state index contributed by atoms with van der Waals surface area (Å²) in [6.07, 6.45) is 1.82. The predicted octanol–water partition coefficient (Wildman–Crippen LogP) is 1.35. The predicted molar refractivity (Wildman–Crippen MR) is 65.5 cm³/mol. The van der Waals surface area contributed by atoms with Gasteiger partial charge < -0.3 is 10.4 Å². The zero-order valence-corrected chi connectivity index (χ0v) is 9.78. The van der Waals surface area contributed by atoms with Gasteiger partial charge in [-0.3, -0.25) is 0 Å². The van der Waals surface area contributed by atoms with Crippen molar-refractivity contribution in [3.63, 3.8) is 0 Å². The van der Waals surface area contributed by atoms with Gasteiger partial charge in [0.15, 0.2) is 0 Å². The summed E-state index contributed by atoms with van der Waals surface area (Å²) >= 11 is 0. The van der Waals surface area contributed by atoms with Crippen molar-refractivity contribution in [3.8, 4) is 0 Å². The minimum atomic E-state index is -0.890. The zero-order chi connectivity index (χ0) is 12.4. The van der Waals surface area contributed by atoms with E-state index in [9.17, 15) is 4.53 Å². The van der Waals surface area contributed by atoms with E-state index < -0.39 is 7.12 Å². The molecule has 17 heavy (non-hydrogen) atoms. The van der Waals surface area contributed by atoms with Gasteiger partial charge in [-0.15, -0.1) is 6.58 Å². The smallest absolute Gasteiger partial charge is 0.401 e. The molecule has 0 bridgehead atoms. The van der Waals surface area contributed by atoms with E-state index in [1.807, 2.05) is 25.1 Å². The monoisotopic (exact) mass is 235 g/mol. The maximum atomic E-state index is 12.3. The molecular formula is C12H15BFNO2. The summed E-state index contributed by atoms with van der Waals surface area (Å²) in [4.78, 5) is 3.80. The minimum absolute atomic E-state index is 0.115. The van der Waals surface area contributed by atoms with Crippen LogP contribution in [-0.2, 0) is 16.1 Å². The molecule has 2 rings (SSSR count). The third-order valence-corrected chi connectivity index (χ3v) is 3.17. The van der Waals surface area contributed by atoms with Crippen molar-refractivity contribution in [3.05, 3.63) is 41.5 Å². The van der Waals surface area contributed by atoms with Gasteiger partial charge in [-0.05, 0) is 23.5 Å². The molecule has 2 N–H and O–H groups in total. The van der Waals surface area contributed by atoms with E-state index >= 15 is 0 Å². The molecule has 1 atom stereocenters. The van der Waals surface area contributed by atoms with Gasteiger partial charge in [0.25, 0.3) is 0 Å². The standard InChI is InChI=1S/C12H15BFNO2/c1-3-9(6-15)10-4-8(2)12-11(5-10)7-16-13(12)17-14/h3-5,9H,1,6-7,15H2,2H3. The summed E-state index contributed by atoms with van der Waals surface area (Å²) in [7, 11) is -0.890. The molecule has 0 saturated heterocycles. The van der Waals surface area contributed by atoms with Crippen LogP contribution >= 0.6 is 0 Å². The number of rotatable bonds is 4. The average molecular weight is 235 g/mol. The lowest BCUT2D eigenvalue weighted by Gasteiger charge is -2.13. The number of hydrogen-bond donors (Lipinski definition) is 1. The molecule has 5 heteroatoms. The fourth-order valence-electron chi connectivity index (χ4n) is 2.26. The van der Waals surface area contributed by atoms with E-state index in [2.05, 4.69) is 11.4 Å². The molecule has 0 aliphatic carbocycles. The van der Waals surface area contributed by atoms with E-state index in [4.69, 9.17) is 10.4 Å². The molecular weight excluding hydrogens is 220 g/mol. The molecule has 1 aliphatic rings. The normalized spacial score (nSPS) is 15.8. The van der Waals surface area contributed by atoms with E-state index in [0.29, 0.717) is 13.2 Å². The number of nitrogens with two attached hydrogens (primary N) is 1. The van der Waals surface area contributed by atoms with Crippen molar-refractivity contribution in [2.24, 2.45) is 5.73 Å². The van der Waals surface area contributed by atoms with E-state index in [0.717, 1.165) is 22.2 Å². The average Bonchev–Trinajstić information content (AvgIpc) is 2.74. The maximum absolute atomic E-state index is 12.3. The number of fused-ring (bicyclic) bond motifs is 1. The van der Waals surface area contributed by atoms with Crippen molar-refractivity contribution >= 4 is 12.6 Å². The second-order valence-corrected chi connectivity index (χ2v) is 4.22. The Balaban J connectivity index is 2.42. The summed E-state index contributed by atoms with van der Waals surface area (Å²) in [5.74, 6) is 0.115. The van der Waals surface area contributed by atoms with Crippen LogP contribution in [-0.4, -0.2) is 13.7 Å². The largest absolute Gasteiger partial charge is 0.533 e. The summed E-state index contributed by atoms with van der Waals surface area (Å²) in [6.45, 7) is 6.56. The quantitative estimate of drug-likeness (QED) is 0.632. The Kier molecular flexibility index (Phi) is 3.62. The van der Waals surface area contributed by atoms with Gasteiger partial charge in [-0.2, -0.15) is 0 Å². The van der Waals surface area contributed by atoms with Gasteiger partial charge in [-0.25, -0.2) is 4.86 Å². The van der Waals surface area contributed by atoms with Crippen molar-refractivity contribution in [1.82, 2.24) is 0 Å². The Hall–Kier alpha value is -1.17. The van der Waals surface area contributed by atoms with Gasteiger partial charge >= 0.3 is 7.12 Å². The first-order valence-electron chi connectivity index (χ1n) is 5.56. The highest BCUT2D eigenvalue weighted by Crippen LogP contribution is 2.22. The Labute approximate surface area is 100 Å². The number of hydrogen-bond acceptors (Lipinski definition) is 3. The second kappa shape index (κ2) is 5.00. The molecule has 0 amide bonds. The molecule has 0 saturated carbocycles. The SMILES string of the molecule is C=CC(CN)c1cc(C)c2c(c1)COB2OF. The number of halogens is 1. The van der Waals surface area contributed by atoms with Crippen LogP contribution in [0.1, 0.15) is 22.6 Å². The van der Waals surface area contributed by atoms with E-state index in [-0.39, 0.29) is 5.92 Å². The molecule has 1 heterocycles. The summed E-state index contributed by atoms with van der Waals surface area (Å²) in [6, 6.07) is 3.97. The van der Waals surface area contributed by atoms with Gasteiger partial charge in [0.1, 0.15) is 0 Å². The Morgan fingerprint density at radius 1 is 1.71 bits per heavy atom. The third kappa shape index (κ3) is 2.13. The fourth-order valence-corrected chi connectivity index (χ4v) is 2.26. The lowest BCUT2D eigenvalue weighted by atomic mass is 9.75. The highest BCUT2D eigenvalue weighted by atomic mass is 19.3. The van der Waals surface area contributed by atoms with Crippen LogP contribution in [0.25, 0.3) is 0 Å². The molecule has 0 spiro atoms. The van der Waals surface area contributed by atoms with Crippen LogP contribution in [0.3, 0.4) is 0 Å². The molecule has 3 nitrogen and oxygen atoms in total. The maximum Gasteiger partial charge on any atom is 0.533 e. The van der Waals surface area contributed by atoms with Crippen LogP contribution < -0.4 is 11.2 Å². The molecule has 1 aromatic carbocycles. The summed E-state index contributed by atoms with van der Waals surface area (Å²) in [5, 5.41) is 0. The highest BCUT2D eigenvalue weighted by Gasteiger charge is 2.34. The van der Waals surface area contributed by atoms with Crippen molar-refractivity contribution in [2.45, 2.75) is 19.4 Å². The van der Waals surface area contributed by atoms with Crippen LogP contribution in [0.2, 0.25) is 0 Å². The molecule has 0 radical (unpaired) electrons. The van der Waals surface area contributed by atoms with Gasteiger partial charge in [0.05, 0.1) is 6.61 Å². The Bertz CT molecular complexity index is 439. The highest BCUT2D eigenvalue weighted by molar-refractivity contribution is 6.63. The molecule has 1 aliphatic heterocycles. The second-order valence-electron chi connectivity index (χ2n) is 4.22. The van der Waals surface area contributed by atoms with Crippen molar-refractivity contribution in [1.29, 1.82) is 0 Å². The third-order valence-electron chi connectivity index (χ3n) is 3.17. The summed E-state index contributed by atoms with van der Waals surface area (Å²) in [5.41, 5.74) is 9.47. The first-order valence-corrected chi connectivity index (χ1v) is 5.56. The number of benzene rings is 1. The van der Waals surface area contributed by atoms with Crippen LogP contribution in [0, 0.1) is 6.92 Å². The molecule has 0 fully saturated rings. The Morgan fingerprint density at radius 3 is 3.06 bits per heavy atom. The number of aryl methyl sites for hydroxylation is 1. The van der Waals surface area contributed by atoms with Gasteiger partial charge in [0, 0.05) is 12.5 Å². The van der Waals surface area contributed by atoms with Crippen LogP contribution in [0.15, 0.2) is 24.8 Å². The van der Waals surface area contributed by atoms with Crippen molar-refractivity contribution in [2.75, 3.05) is 6.54 Å². The van der Waals surface area contributed by atoms with Gasteiger partial charge in [-0.1, -0.05) is 28.3 Å². The molecule has 0 aromatic heterocycles. The van der Waals surface area contributed by atoms with E-state index in [1.165, 1.54) is 0 Å². The van der Waals surface area contributed by atoms with Crippen molar-refractivity contribution < 1.29 is 14.0 Å². The van der Waals surface area contributed by atoms with E-state index in [1.54, 1.807) is 0 Å². The molecule has 1 aromatic rings. The first-order chi connectivity index (χ1) is 8.21. The summed E-state index contributed by atoms with van der Waals surface area (Å²) < 4.78 is 17.5. The lowest BCUT2D eigenvalue weighted by Crippen LogP contribution is -2.32. The first kappa shape index (κ1) is 12.3. The van der Waals surface area contributed by atoms with Crippen LogP contribution in [0.4, 0.5) is 4.53 Å². The zero-order valence-electron chi connectivity index (χ0n) is 9.78. The molecule has 90 valence electrons. The fraction of sp³-hybridized carbons (Fsp3) is 0.333.